The van der Waals surface area contributed by atoms with Crippen LogP contribution in [0.25, 0.3) is 11.1 Å². The number of nitrogens with one attached hydrogen (secondary N) is 2. The van der Waals surface area contributed by atoms with Gasteiger partial charge in [0.15, 0.2) is 0 Å². The van der Waals surface area contributed by atoms with Crippen molar-refractivity contribution >= 4 is 30.1 Å². The van der Waals surface area contributed by atoms with Crippen molar-refractivity contribution in [2.75, 3.05) is 26.7 Å². The maximum Gasteiger partial charge on any atom is 0.245 e. The van der Waals surface area contributed by atoms with E-state index in [0.29, 0.717) is 22.3 Å². The van der Waals surface area contributed by atoms with Gasteiger partial charge in [-0.15, -0.1) is 12.4 Å². The Hall–Kier alpha value is -3.42. The molecular weight excluding hydrogens is 530 g/mol. The third kappa shape index (κ3) is 8.04. The number of fused-ring (bicyclic) bond motifs is 5. The van der Waals surface area contributed by atoms with Crippen LogP contribution in [0.15, 0.2) is 36.4 Å². The molecule has 0 aliphatic carbocycles. The number of carbonyl (C=O) groups is 3. The van der Waals surface area contributed by atoms with Gasteiger partial charge in [-0.1, -0.05) is 12.1 Å². The lowest BCUT2D eigenvalue weighted by atomic mass is 9.95. The largest absolute Gasteiger partial charge is 0.508 e. The van der Waals surface area contributed by atoms with Crippen LogP contribution in [-0.4, -0.2) is 94.0 Å². The van der Waals surface area contributed by atoms with E-state index in [1.165, 1.54) is 24.1 Å². The summed E-state index contributed by atoms with van der Waals surface area (Å²) in [6.07, 6.45) is -1.52. The number of nitrogens with zero attached hydrogens (tertiary/aromatic N) is 1. The summed E-state index contributed by atoms with van der Waals surface area (Å²) < 4.78 is 0. The molecule has 0 saturated carbocycles. The van der Waals surface area contributed by atoms with Crippen molar-refractivity contribution in [1.29, 1.82) is 0 Å². The molecule has 1 aliphatic rings. The lowest BCUT2D eigenvalue weighted by molar-refractivity contribution is -0.137. The normalized spacial score (nSPS) is 20.4. The van der Waals surface area contributed by atoms with Gasteiger partial charge in [0.05, 0.1) is 18.8 Å². The van der Waals surface area contributed by atoms with Gasteiger partial charge in [0.2, 0.25) is 17.7 Å². The minimum absolute atomic E-state index is 0. The number of aliphatic hydroxyl groups is 2. The van der Waals surface area contributed by atoms with Crippen LogP contribution < -0.4 is 22.1 Å². The number of phenolic OH excluding ortho intramolecular Hbond substituents is 2. The molecule has 2 aromatic carbocycles. The Morgan fingerprint density at radius 3 is 2.13 bits per heavy atom. The second kappa shape index (κ2) is 14.1. The van der Waals surface area contributed by atoms with Gasteiger partial charge in [-0.25, -0.2) is 0 Å². The van der Waals surface area contributed by atoms with Gasteiger partial charge < -0.3 is 47.4 Å². The van der Waals surface area contributed by atoms with E-state index in [-0.39, 0.29) is 62.9 Å². The molecule has 3 rings (SSSR count). The zero-order valence-electron chi connectivity index (χ0n) is 21.5. The van der Waals surface area contributed by atoms with Crippen molar-refractivity contribution in [3.05, 3.63) is 47.5 Å². The summed E-state index contributed by atoms with van der Waals surface area (Å²) >= 11 is 0. The highest BCUT2D eigenvalue weighted by atomic mass is 35.5. The third-order valence-corrected chi connectivity index (χ3v) is 6.53. The molecule has 1 heterocycles. The first-order valence-electron chi connectivity index (χ1n) is 12.3. The van der Waals surface area contributed by atoms with Gasteiger partial charge in [0, 0.05) is 39.4 Å². The van der Waals surface area contributed by atoms with Crippen LogP contribution in [0.4, 0.5) is 0 Å². The molecule has 214 valence electrons. The molecule has 13 heteroatoms. The van der Waals surface area contributed by atoms with E-state index in [1.54, 1.807) is 24.3 Å². The molecule has 0 radical (unpaired) electrons. The number of halogens is 1. The Balaban J connectivity index is 0.00000533. The van der Waals surface area contributed by atoms with E-state index in [0.717, 1.165) is 0 Å². The minimum atomic E-state index is -1.28. The number of hydrogen-bond donors (Lipinski definition) is 8. The van der Waals surface area contributed by atoms with Crippen molar-refractivity contribution in [3.8, 4) is 22.6 Å². The molecule has 1 aliphatic heterocycles. The summed E-state index contributed by atoms with van der Waals surface area (Å²) in [4.78, 5) is 40.7. The van der Waals surface area contributed by atoms with Crippen molar-refractivity contribution in [2.24, 2.45) is 11.5 Å². The molecule has 0 fully saturated rings. The highest BCUT2D eigenvalue weighted by Crippen LogP contribution is 2.31. The van der Waals surface area contributed by atoms with Crippen LogP contribution >= 0.6 is 12.4 Å². The number of rotatable bonds is 6. The van der Waals surface area contributed by atoms with Crippen LogP contribution in [0.5, 0.6) is 11.5 Å². The average Bonchev–Trinajstić information content (AvgIpc) is 2.89. The van der Waals surface area contributed by atoms with Crippen molar-refractivity contribution in [3.63, 3.8) is 0 Å². The monoisotopic (exact) mass is 565 g/mol. The van der Waals surface area contributed by atoms with E-state index < -0.39 is 42.0 Å². The van der Waals surface area contributed by atoms with Crippen LogP contribution in [0.2, 0.25) is 0 Å². The molecule has 4 bridgehead atoms. The number of phenols is 2. The van der Waals surface area contributed by atoms with Gasteiger partial charge >= 0.3 is 0 Å². The Morgan fingerprint density at radius 2 is 1.59 bits per heavy atom. The SMILES string of the molecule is CN(CCO)C(=O)[C@@H]1Cc2cc(ccc2O)-c2ccc(O)c(c2)C[C@H](N)C(=O)N[C@@H](C[C@@H](O)CN)C(=O)N1.Cl. The molecule has 0 unspecified atom stereocenters. The standard InChI is InChI=1S/C26H35N5O7.ClH/c1-31(6-7-32)26(38)21-11-17-9-15(3-5-23(17)35)14-2-4-22(34)16(8-14)10-19(28)24(36)29-20(25(37)30-21)12-18(33)13-27;/h2-5,8-9,18-21,32-35H,6-7,10-13,27-28H2,1H3,(H,29,36)(H,30,37);1H/t18-,19+,20+,21+;/m1./s1. The van der Waals surface area contributed by atoms with Crippen LogP contribution in [0.3, 0.4) is 0 Å². The molecule has 39 heavy (non-hydrogen) atoms. The highest BCUT2D eigenvalue weighted by molar-refractivity contribution is 5.93. The predicted molar refractivity (Wildman–Crippen MR) is 146 cm³/mol. The first-order chi connectivity index (χ1) is 18.0. The summed E-state index contributed by atoms with van der Waals surface area (Å²) in [5.74, 6) is -2.16. The number of nitrogens with two attached hydrogens (primary N) is 2. The van der Waals surface area contributed by atoms with E-state index in [1.807, 2.05) is 0 Å². The Morgan fingerprint density at radius 1 is 1.03 bits per heavy atom. The van der Waals surface area contributed by atoms with Gasteiger partial charge in [-0.2, -0.15) is 0 Å². The van der Waals surface area contributed by atoms with Gasteiger partial charge in [0.25, 0.3) is 0 Å². The van der Waals surface area contributed by atoms with E-state index in [4.69, 9.17) is 11.5 Å². The Kier molecular flexibility index (Phi) is 11.5. The van der Waals surface area contributed by atoms with Crippen LogP contribution in [0.1, 0.15) is 17.5 Å². The van der Waals surface area contributed by atoms with Crippen molar-refractivity contribution in [2.45, 2.75) is 43.5 Å². The number of benzene rings is 2. The lowest BCUT2D eigenvalue weighted by Gasteiger charge is -2.28. The number of hydrogen-bond acceptors (Lipinski definition) is 9. The van der Waals surface area contributed by atoms with Crippen molar-refractivity contribution < 1.29 is 34.8 Å². The van der Waals surface area contributed by atoms with Crippen LogP contribution in [-0.2, 0) is 27.2 Å². The molecule has 10 N–H and O–H groups in total. The molecule has 3 amide bonds. The number of carbonyl (C=O) groups excluding carboxylic acids is 3. The summed E-state index contributed by atoms with van der Waals surface area (Å²) in [5, 5.41) is 45.5. The fourth-order valence-corrected chi connectivity index (χ4v) is 4.28. The molecule has 0 spiro atoms. The number of aromatic hydroxyl groups is 2. The maximum atomic E-state index is 13.3. The fraction of sp³-hybridized carbons (Fsp3) is 0.423. The summed E-state index contributed by atoms with van der Waals surface area (Å²) in [6, 6.07) is 6.01. The average molecular weight is 566 g/mol. The van der Waals surface area contributed by atoms with Gasteiger partial charge in [-0.3, -0.25) is 14.4 Å². The van der Waals surface area contributed by atoms with E-state index in [2.05, 4.69) is 10.6 Å². The molecular formula is C26H36ClN5O7. The van der Waals surface area contributed by atoms with Crippen molar-refractivity contribution in [1.82, 2.24) is 15.5 Å². The fourth-order valence-electron chi connectivity index (χ4n) is 4.28. The summed E-state index contributed by atoms with van der Waals surface area (Å²) in [7, 11) is 1.46. The first-order valence-corrected chi connectivity index (χ1v) is 12.3. The van der Waals surface area contributed by atoms with Gasteiger partial charge in [-0.05, 0) is 46.5 Å². The quantitative estimate of drug-likeness (QED) is 0.210. The third-order valence-electron chi connectivity index (χ3n) is 6.53. The summed E-state index contributed by atoms with van der Waals surface area (Å²) in [6.45, 7) is -0.463. The highest BCUT2D eigenvalue weighted by Gasteiger charge is 2.32. The molecule has 12 nitrogen and oxygen atoms in total. The van der Waals surface area contributed by atoms with Crippen LogP contribution in [0, 0.1) is 0 Å². The lowest BCUT2D eigenvalue weighted by Crippen LogP contribution is -2.57. The second-order valence-electron chi connectivity index (χ2n) is 9.43. The zero-order valence-corrected chi connectivity index (χ0v) is 22.4. The molecule has 0 aromatic heterocycles. The topological polar surface area (TPSA) is 211 Å². The smallest absolute Gasteiger partial charge is 0.245 e. The number of aliphatic hydroxyl groups excluding tert-OH is 2. The number of likely N-dealkylation sites (N-methyl/N-ethyl adjacent to an activating group) is 1. The number of amides is 3. The molecule has 0 saturated heterocycles. The Labute approximate surface area is 232 Å². The second-order valence-corrected chi connectivity index (χ2v) is 9.43. The maximum absolute atomic E-state index is 13.3. The first kappa shape index (κ1) is 31.8. The minimum Gasteiger partial charge on any atom is -0.508 e. The van der Waals surface area contributed by atoms with E-state index >= 15 is 0 Å². The van der Waals surface area contributed by atoms with Gasteiger partial charge in [0.1, 0.15) is 23.6 Å². The predicted octanol–water partition coefficient (Wildman–Crippen LogP) is -1.26. The molecule has 2 aromatic rings. The summed E-state index contributed by atoms with van der Waals surface area (Å²) in [5.41, 5.74) is 13.7. The zero-order chi connectivity index (χ0) is 28.0. The Bertz CT molecular complexity index is 1180. The molecule has 4 atom stereocenters. The van der Waals surface area contributed by atoms with E-state index in [9.17, 15) is 34.8 Å².